The summed E-state index contributed by atoms with van der Waals surface area (Å²) >= 11 is 0. The fraction of sp³-hybridized carbons (Fsp3) is 0.615. The molecule has 0 atom stereocenters. The zero-order valence-corrected chi connectivity index (χ0v) is 10.4. The van der Waals surface area contributed by atoms with Crippen molar-refractivity contribution in [1.29, 1.82) is 0 Å². The molecule has 0 fully saturated rings. The van der Waals surface area contributed by atoms with Crippen molar-refractivity contribution in [1.82, 2.24) is 4.90 Å². The molecule has 0 aliphatic carbocycles. The fourth-order valence-electron chi connectivity index (χ4n) is 1.62. The maximum absolute atomic E-state index is 12.1. The molecule has 0 saturated heterocycles. The van der Waals surface area contributed by atoms with Crippen LogP contribution >= 0.6 is 0 Å². The van der Waals surface area contributed by atoms with Crippen LogP contribution in [0.4, 0.5) is 0 Å². The minimum atomic E-state index is 0.00662. The first-order chi connectivity index (χ1) is 7.65. The summed E-state index contributed by atoms with van der Waals surface area (Å²) in [6, 6.07) is 3.47. The minimum Gasteiger partial charge on any atom is -0.459 e. The topological polar surface area (TPSA) is 33.5 Å². The van der Waals surface area contributed by atoms with Crippen LogP contribution in [0.15, 0.2) is 22.8 Å². The predicted molar refractivity (Wildman–Crippen MR) is 64.4 cm³/mol. The molecule has 1 rings (SSSR count). The van der Waals surface area contributed by atoms with Gasteiger partial charge in [-0.1, -0.05) is 27.2 Å². The maximum atomic E-state index is 12.1. The Morgan fingerprint density at radius 3 is 2.75 bits per heavy atom. The number of rotatable bonds is 6. The van der Waals surface area contributed by atoms with Crippen molar-refractivity contribution in [2.45, 2.75) is 33.6 Å². The van der Waals surface area contributed by atoms with Gasteiger partial charge in [-0.3, -0.25) is 4.79 Å². The smallest absolute Gasteiger partial charge is 0.289 e. The lowest BCUT2D eigenvalue weighted by atomic mass is 10.2. The van der Waals surface area contributed by atoms with Gasteiger partial charge in [-0.25, -0.2) is 0 Å². The Kier molecular flexibility index (Phi) is 5.09. The monoisotopic (exact) mass is 223 g/mol. The molecule has 0 radical (unpaired) electrons. The van der Waals surface area contributed by atoms with Gasteiger partial charge in [-0.15, -0.1) is 0 Å². The first-order valence-electron chi connectivity index (χ1n) is 5.98. The summed E-state index contributed by atoms with van der Waals surface area (Å²) in [4.78, 5) is 14.0. The van der Waals surface area contributed by atoms with Crippen LogP contribution in [0.3, 0.4) is 0 Å². The van der Waals surface area contributed by atoms with E-state index in [-0.39, 0.29) is 5.91 Å². The standard InChI is InChI=1S/C13H21NO2/c1-4-5-8-14(10-11(2)3)13(15)12-7-6-9-16-12/h6-7,9,11H,4-5,8,10H2,1-3H3. The summed E-state index contributed by atoms with van der Waals surface area (Å²) in [6.45, 7) is 7.97. The molecule has 0 N–H and O–H groups in total. The van der Waals surface area contributed by atoms with Crippen molar-refractivity contribution in [2.75, 3.05) is 13.1 Å². The summed E-state index contributed by atoms with van der Waals surface area (Å²) in [5.41, 5.74) is 0. The number of nitrogens with zero attached hydrogens (tertiary/aromatic N) is 1. The van der Waals surface area contributed by atoms with E-state index in [4.69, 9.17) is 4.42 Å². The van der Waals surface area contributed by atoms with Gasteiger partial charge in [0.2, 0.25) is 0 Å². The average molecular weight is 223 g/mol. The maximum Gasteiger partial charge on any atom is 0.289 e. The quantitative estimate of drug-likeness (QED) is 0.742. The fourth-order valence-corrected chi connectivity index (χ4v) is 1.62. The molecule has 90 valence electrons. The second-order valence-electron chi connectivity index (χ2n) is 4.48. The van der Waals surface area contributed by atoms with E-state index in [9.17, 15) is 4.79 Å². The molecule has 0 saturated carbocycles. The van der Waals surface area contributed by atoms with Gasteiger partial charge in [0.25, 0.3) is 5.91 Å². The highest BCUT2D eigenvalue weighted by Gasteiger charge is 2.18. The highest BCUT2D eigenvalue weighted by molar-refractivity contribution is 5.91. The lowest BCUT2D eigenvalue weighted by Crippen LogP contribution is -2.34. The van der Waals surface area contributed by atoms with Gasteiger partial charge in [0.15, 0.2) is 5.76 Å². The Balaban J connectivity index is 2.64. The molecule has 0 spiro atoms. The van der Waals surface area contributed by atoms with Crippen molar-refractivity contribution in [3.8, 4) is 0 Å². The van der Waals surface area contributed by atoms with E-state index in [1.807, 2.05) is 4.90 Å². The third kappa shape index (κ3) is 3.72. The molecule has 3 nitrogen and oxygen atoms in total. The number of amides is 1. The highest BCUT2D eigenvalue weighted by atomic mass is 16.3. The molecular weight excluding hydrogens is 202 g/mol. The second-order valence-corrected chi connectivity index (χ2v) is 4.48. The van der Waals surface area contributed by atoms with Crippen LogP contribution in [-0.4, -0.2) is 23.9 Å². The molecule has 16 heavy (non-hydrogen) atoms. The minimum absolute atomic E-state index is 0.00662. The highest BCUT2D eigenvalue weighted by Crippen LogP contribution is 2.09. The zero-order chi connectivity index (χ0) is 12.0. The van der Waals surface area contributed by atoms with Gasteiger partial charge < -0.3 is 9.32 Å². The summed E-state index contributed by atoms with van der Waals surface area (Å²) in [5.74, 6) is 0.930. The van der Waals surface area contributed by atoms with Crippen LogP contribution in [0.2, 0.25) is 0 Å². The van der Waals surface area contributed by atoms with Gasteiger partial charge in [-0.2, -0.15) is 0 Å². The van der Waals surface area contributed by atoms with Gasteiger partial charge >= 0.3 is 0 Å². The first kappa shape index (κ1) is 12.8. The third-order valence-corrected chi connectivity index (χ3v) is 2.39. The third-order valence-electron chi connectivity index (χ3n) is 2.39. The van der Waals surface area contributed by atoms with Crippen LogP contribution in [0, 0.1) is 5.92 Å². The van der Waals surface area contributed by atoms with E-state index >= 15 is 0 Å². The van der Waals surface area contributed by atoms with Crippen molar-refractivity contribution in [2.24, 2.45) is 5.92 Å². The summed E-state index contributed by atoms with van der Waals surface area (Å²) in [7, 11) is 0. The molecule has 1 aromatic rings. The van der Waals surface area contributed by atoms with E-state index < -0.39 is 0 Å². The van der Waals surface area contributed by atoms with Gasteiger partial charge in [0, 0.05) is 13.1 Å². The SMILES string of the molecule is CCCCN(CC(C)C)C(=O)c1ccco1. The Morgan fingerprint density at radius 2 is 2.25 bits per heavy atom. The number of carbonyl (C=O) groups excluding carboxylic acids is 1. The largest absolute Gasteiger partial charge is 0.459 e. The van der Waals surface area contributed by atoms with Crippen LogP contribution in [0.25, 0.3) is 0 Å². The summed E-state index contributed by atoms with van der Waals surface area (Å²) < 4.78 is 5.15. The molecule has 0 bridgehead atoms. The van der Waals surface area contributed by atoms with Gasteiger partial charge in [0.1, 0.15) is 0 Å². The predicted octanol–water partition coefficient (Wildman–Crippen LogP) is 3.18. The molecule has 0 aliphatic heterocycles. The second kappa shape index (κ2) is 6.36. The Hall–Kier alpha value is -1.25. The summed E-state index contributed by atoms with van der Waals surface area (Å²) in [6.07, 6.45) is 3.68. The van der Waals surface area contributed by atoms with Crippen molar-refractivity contribution in [3.63, 3.8) is 0 Å². The van der Waals surface area contributed by atoms with Crippen molar-refractivity contribution < 1.29 is 9.21 Å². The Labute approximate surface area is 97.4 Å². The molecule has 1 heterocycles. The molecule has 0 unspecified atom stereocenters. The lowest BCUT2D eigenvalue weighted by Gasteiger charge is -2.23. The van der Waals surface area contributed by atoms with Crippen LogP contribution in [0.1, 0.15) is 44.2 Å². The van der Waals surface area contributed by atoms with E-state index in [2.05, 4.69) is 20.8 Å². The molecule has 0 aromatic carbocycles. The van der Waals surface area contributed by atoms with Crippen molar-refractivity contribution >= 4 is 5.91 Å². The zero-order valence-electron chi connectivity index (χ0n) is 10.4. The number of furan rings is 1. The van der Waals surface area contributed by atoms with Crippen LogP contribution in [0.5, 0.6) is 0 Å². The molecule has 1 aromatic heterocycles. The lowest BCUT2D eigenvalue weighted by molar-refractivity contribution is 0.0701. The number of hydrogen-bond donors (Lipinski definition) is 0. The number of unbranched alkanes of at least 4 members (excludes halogenated alkanes) is 1. The van der Waals surface area contributed by atoms with Gasteiger partial charge in [0.05, 0.1) is 6.26 Å². The van der Waals surface area contributed by atoms with E-state index in [1.54, 1.807) is 18.4 Å². The normalized spacial score (nSPS) is 10.8. The molecule has 1 amide bonds. The number of carbonyl (C=O) groups is 1. The Morgan fingerprint density at radius 1 is 1.50 bits per heavy atom. The van der Waals surface area contributed by atoms with E-state index in [0.29, 0.717) is 11.7 Å². The van der Waals surface area contributed by atoms with E-state index in [1.165, 1.54) is 0 Å². The average Bonchev–Trinajstić information content (AvgIpc) is 2.76. The van der Waals surface area contributed by atoms with Gasteiger partial charge in [-0.05, 0) is 24.5 Å². The number of hydrogen-bond acceptors (Lipinski definition) is 2. The molecule has 0 aliphatic rings. The van der Waals surface area contributed by atoms with Crippen molar-refractivity contribution in [3.05, 3.63) is 24.2 Å². The summed E-state index contributed by atoms with van der Waals surface area (Å²) in [5, 5.41) is 0. The Bertz CT molecular complexity index is 304. The first-order valence-corrected chi connectivity index (χ1v) is 5.98. The molecule has 3 heteroatoms. The van der Waals surface area contributed by atoms with Crippen LogP contribution < -0.4 is 0 Å². The molecular formula is C13H21NO2. The van der Waals surface area contributed by atoms with Crippen LogP contribution in [-0.2, 0) is 0 Å². The van der Waals surface area contributed by atoms with E-state index in [0.717, 1.165) is 25.9 Å².